The van der Waals surface area contributed by atoms with E-state index in [0.717, 1.165) is 19.4 Å². The van der Waals surface area contributed by atoms with Crippen molar-refractivity contribution in [3.8, 4) is 0 Å². The Labute approximate surface area is 195 Å². The summed E-state index contributed by atoms with van der Waals surface area (Å²) in [5, 5.41) is 20.8. The zero-order valence-electron chi connectivity index (χ0n) is 19.9. The molecule has 5 atom stereocenters. The Kier molecular flexibility index (Phi) is 12.7. The van der Waals surface area contributed by atoms with E-state index < -0.39 is 35.9 Å². The van der Waals surface area contributed by atoms with E-state index in [1.807, 2.05) is 34.0 Å². The number of amides is 3. The smallest absolute Gasteiger partial charge is 0.326 e. The molecular formula is C22H40N4O5S. The Bertz CT molecular complexity index is 640. The van der Waals surface area contributed by atoms with Gasteiger partial charge < -0.3 is 26.4 Å². The standard InChI is InChI=1S/C22H40N4O5S/c1-6-14(4)18(26-19(27)15-8-7-10-23-15)21(29)24-16(9-11-32-5)20(28)25-17(22(30)31)12-13(2)3/h13-18,23H,6-12H2,1-5H3,(H,24,29)(H,25,28)(H,26,27)(H,30,31). The van der Waals surface area contributed by atoms with E-state index in [-0.39, 0.29) is 23.8 Å². The average Bonchev–Trinajstić information content (AvgIpc) is 3.28. The highest BCUT2D eigenvalue weighted by Crippen LogP contribution is 2.12. The van der Waals surface area contributed by atoms with Crippen molar-refractivity contribution in [1.82, 2.24) is 21.3 Å². The Balaban J connectivity index is 2.91. The van der Waals surface area contributed by atoms with E-state index in [2.05, 4.69) is 21.3 Å². The molecule has 0 saturated carbocycles. The second kappa shape index (κ2) is 14.4. The van der Waals surface area contributed by atoms with Crippen LogP contribution in [-0.2, 0) is 19.2 Å². The minimum atomic E-state index is -1.10. The maximum absolute atomic E-state index is 13.1. The van der Waals surface area contributed by atoms with Crippen LogP contribution in [0.1, 0.15) is 59.8 Å². The van der Waals surface area contributed by atoms with Crippen molar-refractivity contribution in [2.75, 3.05) is 18.6 Å². The molecule has 1 fully saturated rings. The first-order valence-electron chi connectivity index (χ1n) is 11.5. The van der Waals surface area contributed by atoms with Crippen molar-refractivity contribution in [1.29, 1.82) is 0 Å². The van der Waals surface area contributed by atoms with Gasteiger partial charge in [-0.2, -0.15) is 11.8 Å². The third-order valence-corrected chi connectivity index (χ3v) is 6.38. The van der Waals surface area contributed by atoms with Gasteiger partial charge in [0.1, 0.15) is 18.1 Å². The largest absolute Gasteiger partial charge is 0.480 e. The predicted molar refractivity (Wildman–Crippen MR) is 126 cm³/mol. The molecule has 0 aromatic rings. The molecule has 9 nitrogen and oxygen atoms in total. The molecule has 10 heteroatoms. The van der Waals surface area contributed by atoms with Crippen LogP contribution < -0.4 is 21.3 Å². The fraction of sp³-hybridized carbons (Fsp3) is 0.818. The van der Waals surface area contributed by atoms with Gasteiger partial charge in [-0.3, -0.25) is 14.4 Å². The van der Waals surface area contributed by atoms with Gasteiger partial charge in [0.25, 0.3) is 0 Å². The van der Waals surface area contributed by atoms with Gasteiger partial charge in [-0.25, -0.2) is 4.79 Å². The van der Waals surface area contributed by atoms with Crippen LogP contribution in [0.3, 0.4) is 0 Å². The summed E-state index contributed by atoms with van der Waals surface area (Å²) in [5.41, 5.74) is 0. The first-order valence-corrected chi connectivity index (χ1v) is 12.9. The van der Waals surface area contributed by atoms with Gasteiger partial charge in [0.05, 0.1) is 6.04 Å². The van der Waals surface area contributed by atoms with Gasteiger partial charge in [-0.05, 0) is 56.1 Å². The monoisotopic (exact) mass is 472 g/mol. The van der Waals surface area contributed by atoms with Crippen molar-refractivity contribution in [3.05, 3.63) is 0 Å². The number of hydrogen-bond donors (Lipinski definition) is 5. The molecule has 32 heavy (non-hydrogen) atoms. The van der Waals surface area contributed by atoms with E-state index in [1.54, 1.807) is 0 Å². The van der Waals surface area contributed by atoms with Crippen LogP contribution in [0.4, 0.5) is 0 Å². The fourth-order valence-corrected chi connectivity index (χ4v) is 4.07. The van der Waals surface area contributed by atoms with Gasteiger partial charge in [-0.15, -0.1) is 0 Å². The lowest BCUT2D eigenvalue weighted by molar-refractivity contribution is -0.142. The minimum Gasteiger partial charge on any atom is -0.480 e. The van der Waals surface area contributed by atoms with Crippen LogP contribution in [0.5, 0.6) is 0 Å². The van der Waals surface area contributed by atoms with Crippen molar-refractivity contribution in [2.24, 2.45) is 11.8 Å². The van der Waals surface area contributed by atoms with E-state index >= 15 is 0 Å². The molecule has 3 amide bonds. The van der Waals surface area contributed by atoms with Gasteiger partial charge in [0.15, 0.2) is 0 Å². The molecule has 0 radical (unpaired) electrons. The van der Waals surface area contributed by atoms with Crippen molar-refractivity contribution in [2.45, 2.75) is 84.0 Å². The molecule has 1 aliphatic heterocycles. The number of hydrogen-bond acceptors (Lipinski definition) is 6. The number of carbonyl (C=O) groups excluding carboxylic acids is 3. The summed E-state index contributed by atoms with van der Waals surface area (Å²) < 4.78 is 0. The van der Waals surface area contributed by atoms with E-state index in [4.69, 9.17) is 0 Å². The number of aliphatic carboxylic acids is 1. The Hall–Kier alpha value is -1.81. The third kappa shape index (κ3) is 9.36. The van der Waals surface area contributed by atoms with Crippen LogP contribution >= 0.6 is 11.8 Å². The molecule has 1 aliphatic rings. The molecule has 1 heterocycles. The molecule has 5 unspecified atom stereocenters. The molecule has 0 aliphatic carbocycles. The second-order valence-electron chi connectivity index (χ2n) is 8.89. The number of thioether (sulfide) groups is 1. The summed E-state index contributed by atoms with van der Waals surface area (Å²) >= 11 is 1.53. The summed E-state index contributed by atoms with van der Waals surface area (Å²) in [6, 6.07) is -2.98. The first-order chi connectivity index (χ1) is 15.1. The lowest BCUT2D eigenvalue weighted by atomic mass is 9.97. The number of carboxylic acids is 1. The average molecular weight is 473 g/mol. The van der Waals surface area contributed by atoms with Gasteiger partial charge in [0, 0.05) is 0 Å². The highest BCUT2D eigenvalue weighted by molar-refractivity contribution is 7.98. The number of rotatable bonds is 14. The molecule has 0 spiro atoms. The molecule has 184 valence electrons. The number of nitrogens with one attached hydrogen (secondary N) is 4. The van der Waals surface area contributed by atoms with Crippen LogP contribution in [-0.4, -0.2) is 71.5 Å². The first kappa shape index (κ1) is 28.2. The number of carbonyl (C=O) groups is 4. The van der Waals surface area contributed by atoms with Crippen molar-refractivity contribution >= 4 is 35.5 Å². The zero-order chi connectivity index (χ0) is 24.3. The van der Waals surface area contributed by atoms with E-state index in [9.17, 15) is 24.3 Å². The lowest BCUT2D eigenvalue weighted by Gasteiger charge is -2.28. The quantitative estimate of drug-likeness (QED) is 0.255. The maximum Gasteiger partial charge on any atom is 0.326 e. The maximum atomic E-state index is 13.1. The van der Waals surface area contributed by atoms with Gasteiger partial charge >= 0.3 is 5.97 Å². The minimum absolute atomic E-state index is 0.0878. The normalized spacial score (nSPS) is 19.6. The van der Waals surface area contributed by atoms with E-state index in [1.165, 1.54) is 11.8 Å². The van der Waals surface area contributed by atoms with Crippen LogP contribution in [0.2, 0.25) is 0 Å². The molecule has 0 bridgehead atoms. The summed E-state index contributed by atoms with van der Waals surface area (Å²) in [6.45, 7) is 8.36. The molecule has 0 aromatic heterocycles. The summed E-state index contributed by atoms with van der Waals surface area (Å²) in [6.07, 6.45) is 4.87. The summed E-state index contributed by atoms with van der Waals surface area (Å²) in [5.74, 6) is -1.68. The molecular weight excluding hydrogens is 432 g/mol. The zero-order valence-corrected chi connectivity index (χ0v) is 20.7. The topological polar surface area (TPSA) is 137 Å². The highest BCUT2D eigenvalue weighted by Gasteiger charge is 2.33. The van der Waals surface area contributed by atoms with Crippen molar-refractivity contribution < 1.29 is 24.3 Å². The summed E-state index contributed by atoms with van der Waals surface area (Å²) in [4.78, 5) is 50.1. The fourth-order valence-electron chi connectivity index (χ4n) is 3.60. The third-order valence-electron chi connectivity index (χ3n) is 5.74. The second-order valence-corrected chi connectivity index (χ2v) is 9.88. The van der Waals surface area contributed by atoms with Crippen LogP contribution in [0.25, 0.3) is 0 Å². The summed E-state index contributed by atoms with van der Waals surface area (Å²) in [7, 11) is 0. The Morgan fingerprint density at radius 1 is 1.06 bits per heavy atom. The molecule has 1 saturated heterocycles. The Morgan fingerprint density at radius 2 is 1.72 bits per heavy atom. The van der Waals surface area contributed by atoms with Crippen LogP contribution in [0.15, 0.2) is 0 Å². The molecule has 0 aromatic carbocycles. The van der Waals surface area contributed by atoms with E-state index in [0.29, 0.717) is 25.0 Å². The highest BCUT2D eigenvalue weighted by atomic mass is 32.2. The Morgan fingerprint density at radius 3 is 2.22 bits per heavy atom. The van der Waals surface area contributed by atoms with Crippen LogP contribution in [0, 0.1) is 11.8 Å². The van der Waals surface area contributed by atoms with Crippen molar-refractivity contribution in [3.63, 3.8) is 0 Å². The van der Waals surface area contributed by atoms with Gasteiger partial charge in [-0.1, -0.05) is 34.1 Å². The molecule has 5 N–H and O–H groups in total. The SMILES string of the molecule is CCC(C)C(NC(=O)C1CCCN1)C(=O)NC(CCSC)C(=O)NC(CC(C)C)C(=O)O. The number of carboxylic acid groups (broad SMARTS) is 1. The van der Waals surface area contributed by atoms with Gasteiger partial charge in [0.2, 0.25) is 17.7 Å². The molecule has 1 rings (SSSR count). The predicted octanol–water partition coefficient (Wildman–Crippen LogP) is 1.12. The lowest BCUT2D eigenvalue weighted by Crippen LogP contribution is -2.58.